The van der Waals surface area contributed by atoms with E-state index in [0.29, 0.717) is 6.04 Å². The van der Waals surface area contributed by atoms with Crippen molar-refractivity contribution in [3.8, 4) is 0 Å². The molecule has 0 aliphatic heterocycles. The zero-order chi connectivity index (χ0) is 13.7. The van der Waals surface area contributed by atoms with Gasteiger partial charge in [-0.25, -0.2) is 0 Å². The molecule has 0 amide bonds. The molecule has 1 unspecified atom stereocenters. The van der Waals surface area contributed by atoms with E-state index in [1.165, 1.54) is 37.0 Å². The Hall–Kier alpha value is 0.01000. The van der Waals surface area contributed by atoms with Crippen molar-refractivity contribution in [1.29, 1.82) is 0 Å². The maximum atomic E-state index is 6.39. The van der Waals surface area contributed by atoms with E-state index in [1.807, 2.05) is 11.8 Å². The first-order valence-corrected chi connectivity index (χ1v) is 9.11. The summed E-state index contributed by atoms with van der Waals surface area (Å²) in [6.45, 7) is 2.31. The molecule has 0 saturated heterocycles. The summed E-state index contributed by atoms with van der Waals surface area (Å²) in [6, 6.07) is 8.84. The lowest BCUT2D eigenvalue weighted by Crippen LogP contribution is -2.35. The molecule has 1 nitrogen and oxygen atoms in total. The molecule has 19 heavy (non-hydrogen) atoms. The van der Waals surface area contributed by atoms with E-state index in [4.69, 9.17) is 5.73 Å². The van der Waals surface area contributed by atoms with Crippen molar-refractivity contribution in [2.75, 3.05) is 5.75 Å². The first kappa shape index (κ1) is 15.4. The molecule has 0 bridgehead atoms. The molecular weight excluding hydrogens is 318 g/mol. The summed E-state index contributed by atoms with van der Waals surface area (Å²) in [4.78, 5) is 1.31. The predicted molar refractivity (Wildman–Crippen MR) is 88.6 cm³/mol. The van der Waals surface area contributed by atoms with Crippen LogP contribution in [0.1, 0.15) is 39.0 Å². The first-order chi connectivity index (χ1) is 9.19. The van der Waals surface area contributed by atoms with E-state index in [1.54, 1.807) is 0 Å². The largest absolute Gasteiger partial charge is 0.327 e. The van der Waals surface area contributed by atoms with Crippen LogP contribution in [0, 0.1) is 11.8 Å². The highest BCUT2D eigenvalue weighted by Gasteiger charge is 2.24. The normalized spacial score (nSPS) is 25.2. The van der Waals surface area contributed by atoms with Crippen LogP contribution in [0.5, 0.6) is 0 Å². The Labute approximate surface area is 129 Å². The molecule has 0 aromatic heterocycles. The molecule has 0 spiro atoms. The number of hydrogen-bond donors (Lipinski definition) is 1. The van der Waals surface area contributed by atoms with E-state index in [9.17, 15) is 0 Å². The highest BCUT2D eigenvalue weighted by molar-refractivity contribution is 9.10. The maximum Gasteiger partial charge on any atom is 0.0186 e. The van der Waals surface area contributed by atoms with Crippen LogP contribution in [0.2, 0.25) is 0 Å². The van der Waals surface area contributed by atoms with Gasteiger partial charge in [0.25, 0.3) is 0 Å². The van der Waals surface area contributed by atoms with Gasteiger partial charge in [0, 0.05) is 21.2 Å². The second-order valence-corrected chi connectivity index (χ2v) is 7.63. The Bertz CT molecular complexity index is 388. The number of halogens is 1. The number of nitrogens with two attached hydrogens (primary N) is 1. The van der Waals surface area contributed by atoms with Crippen LogP contribution in [0.3, 0.4) is 0 Å². The van der Waals surface area contributed by atoms with Gasteiger partial charge in [-0.3, -0.25) is 0 Å². The lowest BCUT2D eigenvalue weighted by atomic mass is 9.78. The molecule has 1 aliphatic rings. The molecule has 0 heterocycles. The van der Waals surface area contributed by atoms with Gasteiger partial charge in [0.15, 0.2) is 0 Å². The van der Waals surface area contributed by atoms with Crippen molar-refractivity contribution in [2.45, 2.75) is 50.0 Å². The second-order valence-electron chi connectivity index (χ2n) is 5.62. The zero-order valence-corrected chi connectivity index (χ0v) is 14.1. The fourth-order valence-corrected chi connectivity index (χ4v) is 4.50. The lowest BCUT2D eigenvalue weighted by Gasteiger charge is -2.31. The summed E-state index contributed by atoms with van der Waals surface area (Å²) in [5.74, 6) is 2.74. The van der Waals surface area contributed by atoms with Gasteiger partial charge in [0.05, 0.1) is 0 Å². The molecule has 2 N–H and O–H groups in total. The van der Waals surface area contributed by atoms with Gasteiger partial charge < -0.3 is 5.73 Å². The van der Waals surface area contributed by atoms with Crippen LogP contribution in [-0.2, 0) is 0 Å². The Balaban J connectivity index is 1.77. The minimum Gasteiger partial charge on any atom is -0.327 e. The monoisotopic (exact) mass is 341 g/mol. The molecular formula is C16H24BrNS. The van der Waals surface area contributed by atoms with Gasteiger partial charge in [-0.2, -0.15) is 0 Å². The second kappa shape index (κ2) is 7.70. The Morgan fingerprint density at radius 1 is 1.32 bits per heavy atom. The predicted octanol–water partition coefficient (Wildman–Crippen LogP) is 5.08. The van der Waals surface area contributed by atoms with E-state index < -0.39 is 0 Å². The van der Waals surface area contributed by atoms with Crippen LogP contribution in [-0.4, -0.2) is 11.8 Å². The van der Waals surface area contributed by atoms with Gasteiger partial charge in [-0.05, 0) is 42.9 Å². The molecule has 0 radical (unpaired) electrons. The summed E-state index contributed by atoms with van der Waals surface area (Å²) in [5, 5.41) is 0. The van der Waals surface area contributed by atoms with E-state index in [0.717, 1.165) is 22.1 Å². The molecule has 1 aromatic rings. The van der Waals surface area contributed by atoms with Crippen LogP contribution < -0.4 is 5.73 Å². The molecule has 1 saturated carbocycles. The third-order valence-electron chi connectivity index (χ3n) is 4.31. The third kappa shape index (κ3) is 4.80. The van der Waals surface area contributed by atoms with Gasteiger partial charge in [0.1, 0.15) is 0 Å². The van der Waals surface area contributed by atoms with Gasteiger partial charge >= 0.3 is 0 Å². The quantitative estimate of drug-likeness (QED) is 0.755. The summed E-state index contributed by atoms with van der Waals surface area (Å²) in [6.07, 6.45) is 6.78. The fraction of sp³-hybridized carbons (Fsp3) is 0.625. The van der Waals surface area contributed by atoms with E-state index >= 15 is 0 Å². The van der Waals surface area contributed by atoms with Crippen LogP contribution in [0.25, 0.3) is 0 Å². The number of benzene rings is 1. The van der Waals surface area contributed by atoms with Crippen LogP contribution in [0.15, 0.2) is 33.6 Å². The Kier molecular flexibility index (Phi) is 6.24. The maximum absolute atomic E-state index is 6.39. The number of hydrogen-bond acceptors (Lipinski definition) is 2. The van der Waals surface area contributed by atoms with E-state index in [2.05, 4.69) is 47.1 Å². The molecule has 1 atom stereocenters. The first-order valence-electron chi connectivity index (χ1n) is 7.33. The highest BCUT2D eigenvalue weighted by atomic mass is 79.9. The van der Waals surface area contributed by atoms with Crippen molar-refractivity contribution in [3.05, 3.63) is 28.7 Å². The van der Waals surface area contributed by atoms with Gasteiger partial charge in [-0.15, -0.1) is 11.8 Å². The SMILES string of the molecule is CCC1CCC(C(N)CSc2cccc(Br)c2)CC1. The van der Waals surface area contributed by atoms with Crippen LogP contribution in [0.4, 0.5) is 0 Å². The molecule has 1 aromatic carbocycles. The smallest absolute Gasteiger partial charge is 0.0186 e. The van der Waals surface area contributed by atoms with Gasteiger partial charge in [0.2, 0.25) is 0 Å². The number of thioether (sulfide) groups is 1. The molecule has 1 fully saturated rings. The van der Waals surface area contributed by atoms with Crippen molar-refractivity contribution < 1.29 is 0 Å². The molecule has 3 heteroatoms. The van der Waals surface area contributed by atoms with E-state index in [-0.39, 0.29) is 0 Å². The summed E-state index contributed by atoms with van der Waals surface area (Å²) in [5.41, 5.74) is 6.39. The van der Waals surface area contributed by atoms with Crippen molar-refractivity contribution >= 4 is 27.7 Å². The molecule has 106 valence electrons. The van der Waals surface area contributed by atoms with Crippen LogP contribution >= 0.6 is 27.7 Å². The molecule has 2 rings (SSSR count). The fourth-order valence-electron chi connectivity index (χ4n) is 2.91. The lowest BCUT2D eigenvalue weighted by molar-refractivity contribution is 0.247. The minimum atomic E-state index is 0.349. The average Bonchev–Trinajstić information content (AvgIpc) is 2.45. The highest BCUT2D eigenvalue weighted by Crippen LogP contribution is 2.33. The summed E-state index contributed by atoms with van der Waals surface area (Å²) >= 11 is 5.40. The van der Waals surface area contributed by atoms with Crippen molar-refractivity contribution in [3.63, 3.8) is 0 Å². The Morgan fingerprint density at radius 3 is 2.68 bits per heavy atom. The minimum absolute atomic E-state index is 0.349. The van der Waals surface area contributed by atoms with Gasteiger partial charge in [-0.1, -0.05) is 48.2 Å². The molecule has 1 aliphatic carbocycles. The Morgan fingerprint density at radius 2 is 2.05 bits per heavy atom. The third-order valence-corrected chi connectivity index (χ3v) is 5.94. The zero-order valence-electron chi connectivity index (χ0n) is 11.6. The standard InChI is InChI=1S/C16H24BrNS/c1-2-12-6-8-13(9-7-12)16(18)11-19-15-5-3-4-14(17)10-15/h3-5,10,12-13,16H,2,6-9,11,18H2,1H3. The van der Waals surface area contributed by atoms with Crippen molar-refractivity contribution in [1.82, 2.24) is 0 Å². The van der Waals surface area contributed by atoms with Crippen molar-refractivity contribution in [2.24, 2.45) is 17.6 Å². The number of rotatable bonds is 5. The topological polar surface area (TPSA) is 26.0 Å². The summed E-state index contributed by atoms with van der Waals surface area (Å²) in [7, 11) is 0. The summed E-state index contributed by atoms with van der Waals surface area (Å²) < 4.78 is 1.15. The average molecular weight is 342 g/mol.